The number of nitrogens with zero attached hydrogens (tertiary/aromatic N) is 4. The summed E-state index contributed by atoms with van der Waals surface area (Å²) in [5.74, 6) is 0.436. The maximum absolute atomic E-state index is 14.4. The first-order valence-corrected chi connectivity index (χ1v) is 13.7. The Morgan fingerprint density at radius 1 is 0.951 bits per heavy atom. The fraction of sp³-hybridized carbons (Fsp3) is 0.250. The number of hydrogen-bond acceptors (Lipinski definition) is 4. The van der Waals surface area contributed by atoms with Gasteiger partial charge >= 0.3 is 5.69 Å². The highest BCUT2D eigenvalue weighted by molar-refractivity contribution is 5.94. The third kappa shape index (κ3) is 5.61. The number of halogens is 1. The summed E-state index contributed by atoms with van der Waals surface area (Å²) in [6.07, 6.45) is 2.76. The quantitative estimate of drug-likeness (QED) is 0.296. The van der Waals surface area contributed by atoms with Crippen LogP contribution in [0.2, 0.25) is 0 Å². The normalized spacial score (nSPS) is 13.0. The Kier molecular flexibility index (Phi) is 7.09. The molecule has 0 unspecified atom stereocenters. The molecule has 0 radical (unpaired) electrons. The molecule has 2 aromatic heterocycles. The Hall–Kier alpha value is -4.79. The molecule has 1 fully saturated rings. The minimum absolute atomic E-state index is 0.0125. The standard InChI is InChI=1S/C32H30FN5O3/c1-36(28(39)18-21-7-3-2-4-8-21)25-15-13-22(14-16-25)17-27-34-29-30(35-27)37(19-23-11-12-23)32(41)38(31(29)40)20-24-9-5-6-10-26(24)33/h2-10,13-16,23H,11-12,17-20H2,1H3,(H,34,35). The van der Waals surface area contributed by atoms with Crippen molar-refractivity contribution in [3.8, 4) is 0 Å². The predicted molar refractivity (Wildman–Crippen MR) is 156 cm³/mol. The molecule has 1 amide bonds. The van der Waals surface area contributed by atoms with E-state index in [0.29, 0.717) is 36.8 Å². The number of carbonyl (C=O) groups is 1. The van der Waals surface area contributed by atoms with Crippen LogP contribution in [-0.4, -0.2) is 32.1 Å². The number of rotatable bonds is 9. The van der Waals surface area contributed by atoms with E-state index in [2.05, 4.69) is 9.97 Å². The summed E-state index contributed by atoms with van der Waals surface area (Å²) in [4.78, 5) is 49.0. The lowest BCUT2D eigenvalue weighted by Crippen LogP contribution is -2.40. The van der Waals surface area contributed by atoms with Gasteiger partial charge in [0.25, 0.3) is 5.56 Å². The summed E-state index contributed by atoms with van der Waals surface area (Å²) >= 11 is 0. The van der Waals surface area contributed by atoms with Gasteiger partial charge in [-0.1, -0.05) is 60.7 Å². The zero-order valence-electron chi connectivity index (χ0n) is 22.7. The molecule has 8 nitrogen and oxygen atoms in total. The van der Waals surface area contributed by atoms with E-state index in [4.69, 9.17) is 0 Å². The van der Waals surface area contributed by atoms with Crippen LogP contribution in [0.4, 0.5) is 10.1 Å². The molecule has 9 heteroatoms. The van der Waals surface area contributed by atoms with Crippen molar-refractivity contribution in [3.05, 3.63) is 128 Å². The molecular formula is C32H30FN5O3. The molecule has 41 heavy (non-hydrogen) atoms. The lowest BCUT2D eigenvalue weighted by atomic mass is 10.1. The fourth-order valence-corrected chi connectivity index (χ4v) is 5.02. The van der Waals surface area contributed by atoms with Crippen LogP contribution in [0.5, 0.6) is 0 Å². The highest BCUT2D eigenvalue weighted by Crippen LogP contribution is 2.30. The van der Waals surface area contributed by atoms with Gasteiger partial charge in [0.1, 0.15) is 17.2 Å². The Balaban J connectivity index is 1.26. The van der Waals surface area contributed by atoms with Crippen molar-refractivity contribution < 1.29 is 9.18 Å². The van der Waals surface area contributed by atoms with Gasteiger partial charge in [0.05, 0.1) is 13.0 Å². The average Bonchev–Trinajstić information content (AvgIpc) is 3.71. The molecule has 0 saturated heterocycles. The molecule has 1 aliphatic carbocycles. The van der Waals surface area contributed by atoms with Crippen LogP contribution in [0.25, 0.3) is 11.2 Å². The van der Waals surface area contributed by atoms with Gasteiger partial charge in [0, 0.05) is 31.3 Å². The molecule has 0 atom stereocenters. The van der Waals surface area contributed by atoms with E-state index in [1.165, 1.54) is 6.07 Å². The molecule has 1 N–H and O–H groups in total. The van der Waals surface area contributed by atoms with Crippen LogP contribution in [0.3, 0.4) is 0 Å². The maximum Gasteiger partial charge on any atom is 0.333 e. The number of H-pyrrole nitrogens is 1. The number of amides is 1. The first-order chi connectivity index (χ1) is 19.9. The van der Waals surface area contributed by atoms with Crippen molar-refractivity contribution in [1.82, 2.24) is 19.1 Å². The number of likely N-dealkylation sites (N-methyl/N-ethyl adjacent to an activating group) is 1. The Morgan fingerprint density at radius 2 is 1.66 bits per heavy atom. The zero-order valence-corrected chi connectivity index (χ0v) is 22.7. The number of anilines is 1. The monoisotopic (exact) mass is 551 g/mol. The molecular weight excluding hydrogens is 521 g/mol. The van der Waals surface area contributed by atoms with E-state index >= 15 is 0 Å². The molecule has 3 aromatic carbocycles. The van der Waals surface area contributed by atoms with Crippen molar-refractivity contribution in [2.24, 2.45) is 5.92 Å². The van der Waals surface area contributed by atoms with Gasteiger partial charge in [-0.25, -0.2) is 14.2 Å². The van der Waals surface area contributed by atoms with Gasteiger partial charge in [-0.15, -0.1) is 0 Å². The highest BCUT2D eigenvalue weighted by Gasteiger charge is 2.26. The number of fused-ring (bicyclic) bond motifs is 1. The van der Waals surface area contributed by atoms with Gasteiger partial charge in [0.2, 0.25) is 5.91 Å². The van der Waals surface area contributed by atoms with Crippen molar-refractivity contribution in [2.75, 3.05) is 11.9 Å². The number of carbonyl (C=O) groups excluding carboxylic acids is 1. The fourth-order valence-electron chi connectivity index (χ4n) is 5.02. The van der Waals surface area contributed by atoms with Gasteiger partial charge in [-0.3, -0.25) is 18.7 Å². The minimum atomic E-state index is -0.520. The molecule has 6 rings (SSSR count). The molecule has 0 bridgehead atoms. The summed E-state index contributed by atoms with van der Waals surface area (Å²) in [5, 5.41) is 0. The number of benzene rings is 3. The number of hydrogen-bond donors (Lipinski definition) is 1. The lowest BCUT2D eigenvalue weighted by Gasteiger charge is -2.17. The van der Waals surface area contributed by atoms with E-state index < -0.39 is 17.1 Å². The first kappa shape index (κ1) is 26.4. The molecule has 0 aliphatic heterocycles. The smallest absolute Gasteiger partial charge is 0.333 e. The number of aromatic nitrogens is 4. The van der Waals surface area contributed by atoms with Crippen LogP contribution >= 0.6 is 0 Å². The van der Waals surface area contributed by atoms with Crippen LogP contribution in [-0.2, 0) is 30.7 Å². The van der Waals surface area contributed by atoms with Crippen molar-refractivity contribution in [2.45, 2.75) is 38.8 Å². The third-order valence-corrected chi connectivity index (χ3v) is 7.60. The van der Waals surface area contributed by atoms with E-state index in [9.17, 15) is 18.8 Å². The molecule has 1 aliphatic rings. The summed E-state index contributed by atoms with van der Waals surface area (Å²) in [6, 6.07) is 23.4. The maximum atomic E-state index is 14.4. The van der Waals surface area contributed by atoms with E-state index in [1.807, 2.05) is 54.6 Å². The summed E-state index contributed by atoms with van der Waals surface area (Å²) < 4.78 is 17.0. The van der Waals surface area contributed by atoms with Crippen molar-refractivity contribution in [3.63, 3.8) is 0 Å². The first-order valence-electron chi connectivity index (χ1n) is 13.7. The molecule has 0 spiro atoms. The lowest BCUT2D eigenvalue weighted by molar-refractivity contribution is -0.117. The van der Waals surface area contributed by atoms with E-state index in [1.54, 1.807) is 34.7 Å². The average molecular weight is 552 g/mol. The molecule has 5 aromatic rings. The predicted octanol–water partition coefficient (Wildman–Crippen LogP) is 4.28. The van der Waals surface area contributed by atoms with Gasteiger partial charge < -0.3 is 9.88 Å². The number of nitrogens with one attached hydrogen (secondary N) is 1. The third-order valence-electron chi connectivity index (χ3n) is 7.60. The van der Waals surface area contributed by atoms with E-state index in [-0.39, 0.29) is 23.5 Å². The van der Waals surface area contributed by atoms with Crippen LogP contribution in [0.15, 0.2) is 88.5 Å². The Labute approximate surface area is 235 Å². The van der Waals surface area contributed by atoms with Crippen LogP contribution in [0, 0.1) is 11.7 Å². The molecule has 208 valence electrons. The van der Waals surface area contributed by atoms with Gasteiger partial charge in [0.15, 0.2) is 5.65 Å². The topological polar surface area (TPSA) is 93.0 Å². The second-order valence-corrected chi connectivity index (χ2v) is 10.7. The van der Waals surface area contributed by atoms with Crippen LogP contribution < -0.4 is 16.1 Å². The molecule has 2 heterocycles. The SMILES string of the molecule is CN(C(=O)Cc1ccccc1)c1ccc(Cc2nc3c([nH]2)c(=O)n(Cc2ccccc2F)c(=O)n3CC2CC2)cc1. The second kappa shape index (κ2) is 11.0. The highest BCUT2D eigenvalue weighted by atomic mass is 19.1. The zero-order chi connectivity index (χ0) is 28.5. The summed E-state index contributed by atoms with van der Waals surface area (Å²) in [6.45, 7) is 0.312. The number of aromatic amines is 1. The minimum Gasteiger partial charge on any atom is -0.336 e. The number of imidazole rings is 1. The Morgan fingerprint density at radius 3 is 2.37 bits per heavy atom. The second-order valence-electron chi connectivity index (χ2n) is 10.7. The van der Waals surface area contributed by atoms with Gasteiger partial charge in [-0.05, 0) is 48.1 Å². The van der Waals surface area contributed by atoms with Gasteiger partial charge in [-0.2, -0.15) is 0 Å². The van der Waals surface area contributed by atoms with Crippen molar-refractivity contribution >= 4 is 22.8 Å². The molecule has 1 saturated carbocycles. The van der Waals surface area contributed by atoms with Crippen LogP contribution in [0.1, 0.15) is 35.4 Å². The summed E-state index contributed by atoms with van der Waals surface area (Å²) in [7, 11) is 1.75. The van der Waals surface area contributed by atoms with E-state index in [0.717, 1.165) is 34.2 Å². The van der Waals surface area contributed by atoms with Crippen molar-refractivity contribution in [1.29, 1.82) is 0 Å². The summed E-state index contributed by atoms with van der Waals surface area (Å²) in [5.41, 5.74) is 2.49. The Bertz CT molecular complexity index is 1840. The largest absolute Gasteiger partial charge is 0.336 e.